The largest absolute Gasteiger partial charge is 0.462 e. The van der Waals surface area contributed by atoms with Gasteiger partial charge < -0.3 is 14.5 Å². The summed E-state index contributed by atoms with van der Waals surface area (Å²) in [5.41, 5.74) is 1.61. The Labute approximate surface area is 173 Å². The normalized spacial score (nSPS) is 10.9. The number of rotatable bonds is 7. The highest BCUT2D eigenvalue weighted by molar-refractivity contribution is 7.99. The molecule has 0 unspecified atom stereocenters. The molecule has 1 N–H and O–H groups in total. The van der Waals surface area contributed by atoms with E-state index in [1.54, 1.807) is 19.9 Å². The zero-order valence-electron chi connectivity index (χ0n) is 15.7. The molecule has 0 saturated carbocycles. The summed E-state index contributed by atoms with van der Waals surface area (Å²) >= 11 is 3.82. The fourth-order valence-corrected chi connectivity index (χ4v) is 4.72. The lowest BCUT2D eigenvalue weighted by molar-refractivity contribution is -0.113. The first-order chi connectivity index (χ1) is 13.4. The molecule has 0 aliphatic heterocycles. The summed E-state index contributed by atoms with van der Waals surface area (Å²) in [5.74, 6) is -0.106. The molecule has 0 atom stereocenters. The summed E-state index contributed by atoms with van der Waals surface area (Å²) in [4.78, 5) is 29.7. The topological polar surface area (TPSA) is 107 Å². The number of aromatic nitrogens is 3. The number of esters is 1. The van der Waals surface area contributed by atoms with Gasteiger partial charge in [-0.3, -0.25) is 4.79 Å². The number of hydrogen-bond donors (Lipinski definition) is 1. The van der Waals surface area contributed by atoms with Gasteiger partial charge in [0, 0.05) is 0 Å². The lowest BCUT2D eigenvalue weighted by Gasteiger charge is -2.00. The molecule has 3 aromatic heterocycles. The van der Waals surface area contributed by atoms with Crippen molar-refractivity contribution in [3.8, 4) is 10.8 Å². The highest BCUT2D eigenvalue weighted by atomic mass is 32.2. The lowest BCUT2D eigenvalue weighted by atomic mass is 10.3. The minimum absolute atomic E-state index is 0.105. The molecule has 0 aliphatic rings. The van der Waals surface area contributed by atoms with Gasteiger partial charge in [0.2, 0.25) is 5.91 Å². The van der Waals surface area contributed by atoms with Gasteiger partial charge in [-0.2, -0.15) is 0 Å². The molecule has 148 valence electrons. The second-order valence-electron chi connectivity index (χ2n) is 5.70. The minimum atomic E-state index is -0.383. The zero-order valence-corrected chi connectivity index (χ0v) is 18.1. The van der Waals surface area contributed by atoms with Crippen molar-refractivity contribution in [2.75, 3.05) is 17.7 Å². The van der Waals surface area contributed by atoms with Crippen LogP contribution in [0.3, 0.4) is 0 Å². The Kier molecular flexibility index (Phi) is 6.47. The molecular formula is C17H18N4O4S3. The van der Waals surface area contributed by atoms with Crippen molar-refractivity contribution in [1.29, 1.82) is 0 Å². The van der Waals surface area contributed by atoms with Gasteiger partial charge >= 0.3 is 5.97 Å². The standard InChI is InChI=1S/C17H18N4O4S3/c1-5-24-16(23)13-8(2)6-12(28-13)19-11(22)7-26-17-21-20-15(25-17)14-9(3)18-10(4)27-14/h6H,5,7H2,1-4H3,(H,19,22). The molecule has 3 heterocycles. The van der Waals surface area contributed by atoms with Crippen molar-refractivity contribution in [3.05, 3.63) is 27.2 Å². The third-order valence-corrected chi connectivity index (χ3v) is 6.48. The van der Waals surface area contributed by atoms with Crippen LogP contribution in [0, 0.1) is 20.8 Å². The average molecular weight is 439 g/mol. The van der Waals surface area contributed by atoms with E-state index in [0.29, 0.717) is 27.6 Å². The number of ether oxygens (including phenoxy) is 1. The van der Waals surface area contributed by atoms with Crippen molar-refractivity contribution >= 4 is 51.3 Å². The smallest absolute Gasteiger partial charge is 0.348 e. The van der Waals surface area contributed by atoms with Crippen LogP contribution in [0.15, 0.2) is 15.7 Å². The molecule has 8 nitrogen and oxygen atoms in total. The molecular weight excluding hydrogens is 420 g/mol. The van der Waals surface area contributed by atoms with E-state index >= 15 is 0 Å². The molecule has 0 aliphatic carbocycles. The summed E-state index contributed by atoms with van der Waals surface area (Å²) in [6, 6.07) is 1.75. The van der Waals surface area contributed by atoms with Crippen LogP contribution < -0.4 is 5.32 Å². The number of hydrogen-bond acceptors (Lipinski definition) is 10. The Morgan fingerprint density at radius 2 is 2.04 bits per heavy atom. The Bertz CT molecular complexity index is 1010. The summed E-state index contributed by atoms with van der Waals surface area (Å²) < 4.78 is 10.6. The lowest BCUT2D eigenvalue weighted by Crippen LogP contribution is -2.13. The molecule has 3 rings (SSSR count). The first kappa shape index (κ1) is 20.5. The zero-order chi connectivity index (χ0) is 20.3. The first-order valence-electron chi connectivity index (χ1n) is 8.35. The van der Waals surface area contributed by atoms with Gasteiger partial charge in [0.15, 0.2) is 0 Å². The van der Waals surface area contributed by atoms with Crippen LogP contribution in [-0.4, -0.2) is 39.4 Å². The van der Waals surface area contributed by atoms with Gasteiger partial charge in [0.05, 0.1) is 28.1 Å². The summed E-state index contributed by atoms with van der Waals surface area (Å²) in [5, 5.41) is 12.6. The van der Waals surface area contributed by atoms with Crippen LogP contribution in [0.5, 0.6) is 0 Å². The third-order valence-electron chi connectivity index (χ3n) is 3.47. The van der Waals surface area contributed by atoms with E-state index in [4.69, 9.17) is 9.15 Å². The summed E-state index contributed by atoms with van der Waals surface area (Å²) in [6.07, 6.45) is 0. The van der Waals surface area contributed by atoms with Crippen LogP contribution in [0.25, 0.3) is 10.8 Å². The van der Waals surface area contributed by atoms with Crippen molar-refractivity contribution in [1.82, 2.24) is 15.2 Å². The molecule has 0 fully saturated rings. The van der Waals surface area contributed by atoms with Crippen molar-refractivity contribution in [2.24, 2.45) is 0 Å². The second-order valence-corrected chi connectivity index (χ2v) is 8.88. The van der Waals surface area contributed by atoms with E-state index in [-0.39, 0.29) is 17.6 Å². The maximum atomic E-state index is 12.2. The molecule has 1 amide bonds. The van der Waals surface area contributed by atoms with Crippen LogP contribution in [0.2, 0.25) is 0 Å². The molecule has 0 spiro atoms. The molecule has 3 aromatic rings. The van der Waals surface area contributed by atoms with E-state index in [9.17, 15) is 9.59 Å². The van der Waals surface area contributed by atoms with E-state index in [1.165, 1.54) is 22.7 Å². The minimum Gasteiger partial charge on any atom is -0.462 e. The highest BCUT2D eigenvalue weighted by Gasteiger charge is 2.18. The Morgan fingerprint density at radius 3 is 2.71 bits per heavy atom. The number of aryl methyl sites for hydroxylation is 3. The number of anilines is 1. The number of thioether (sulfide) groups is 1. The van der Waals surface area contributed by atoms with Gasteiger partial charge in [-0.15, -0.1) is 32.9 Å². The van der Waals surface area contributed by atoms with Crippen LogP contribution >= 0.6 is 34.4 Å². The number of nitrogens with one attached hydrogen (secondary N) is 1. The Morgan fingerprint density at radius 1 is 1.25 bits per heavy atom. The second kappa shape index (κ2) is 8.84. The summed E-state index contributed by atoms with van der Waals surface area (Å²) in [7, 11) is 0. The van der Waals surface area contributed by atoms with Crippen LogP contribution in [0.1, 0.15) is 32.9 Å². The highest BCUT2D eigenvalue weighted by Crippen LogP contribution is 2.31. The number of thiophene rings is 1. The predicted molar refractivity (Wildman–Crippen MR) is 109 cm³/mol. The first-order valence-corrected chi connectivity index (χ1v) is 11.0. The van der Waals surface area contributed by atoms with Gasteiger partial charge in [0.1, 0.15) is 9.75 Å². The van der Waals surface area contributed by atoms with E-state index in [2.05, 4.69) is 20.5 Å². The fraction of sp³-hybridized carbons (Fsp3) is 0.353. The Hall–Kier alpha value is -2.24. The van der Waals surface area contributed by atoms with Crippen LogP contribution in [0.4, 0.5) is 5.00 Å². The van der Waals surface area contributed by atoms with Crippen molar-refractivity contribution < 1.29 is 18.7 Å². The quantitative estimate of drug-likeness (QED) is 0.434. The molecule has 0 saturated heterocycles. The maximum Gasteiger partial charge on any atom is 0.348 e. The number of carbonyl (C=O) groups excluding carboxylic acids is 2. The van der Waals surface area contributed by atoms with Gasteiger partial charge in [0.25, 0.3) is 11.1 Å². The van der Waals surface area contributed by atoms with Gasteiger partial charge in [-0.1, -0.05) is 11.8 Å². The van der Waals surface area contributed by atoms with E-state index < -0.39 is 0 Å². The monoisotopic (exact) mass is 438 g/mol. The summed E-state index contributed by atoms with van der Waals surface area (Å²) in [6.45, 7) is 7.66. The van der Waals surface area contributed by atoms with Gasteiger partial charge in [-0.25, -0.2) is 9.78 Å². The van der Waals surface area contributed by atoms with E-state index in [1.807, 2.05) is 13.8 Å². The Balaban J connectivity index is 1.57. The molecule has 0 bridgehead atoms. The number of thiazole rings is 1. The molecule has 11 heteroatoms. The van der Waals surface area contributed by atoms with Crippen molar-refractivity contribution in [3.63, 3.8) is 0 Å². The number of amides is 1. The number of nitrogens with zero attached hydrogens (tertiary/aromatic N) is 3. The van der Waals surface area contributed by atoms with Crippen LogP contribution in [-0.2, 0) is 9.53 Å². The molecule has 0 aromatic carbocycles. The van der Waals surface area contributed by atoms with Crippen molar-refractivity contribution in [2.45, 2.75) is 32.9 Å². The number of carbonyl (C=O) groups is 2. The molecule has 28 heavy (non-hydrogen) atoms. The SMILES string of the molecule is CCOC(=O)c1sc(NC(=O)CSc2nnc(-c3sc(C)nc3C)o2)cc1C. The maximum absolute atomic E-state index is 12.2. The average Bonchev–Trinajstić information content (AvgIpc) is 3.32. The molecule has 0 radical (unpaired) electrons. The fourth-order valence-electron chi connectivity index (χ4n) is 2.33. The third kappa shape index (κ3) is 4.78. The van der Waals surface area contributed by atoms with E-state index in [0.717, 1.165) is 32.9 Å². The predicted octanol–water partition coefficient (Wildman–Crippen LogP) is 4.09. The van der Waals surface area contributed by atoms with Gasteiger partial charge in [-0.05, 0) is 39.3 Å².